The standard InChI is InChI=1S/C25H30N2O/c1-16(2)14-26-15-27-19-11-10-17-21(25(5,6)13-12-24(17,3)4)23(19)28-20-9-7-8-18(26)22(20)27/h7-11,16H,12-14H2,1-6H3. The van der Waals surface area contributed by atoms with Crippen molar-refractivity contribution in [2.45, 2.75) is 71.8 Å². The lowest BCUT2D eigenvalue weighted by atomic mass is 9.62. The SMILES string of the molecule is CC(C)Cn1[c-][n+]2c3c(cccc31)Oc1c-2ccc2c1C(C)(C)CCC2(C)C. The number of fused-ring (bicyclic) bond motifs is 4. The summed E-state index contributed by atoms with van der Waals surface area (Å²) in [5.74, 6) is 2.53. The fourth-order valence-corrected chi connectivity index (χ4v) is 5.02. The number of para-hydroxylation sites is 1. The Bertz CT molecular complexity index is 1100. The number of benzene rings is 2. The Balaban J connectivity index is 1.82. The minimum absolute atomic E-state index is 0.0999. The average Bonchev–Trinajstić information content (AvgIpc) is 2.98. The monoisotopic (exact) mass is 374 g/mol. The van der Waals surface area contributed by atoms with Gasteiger partial charge in [-0.05, 0) is 46.8 Å². The Morgan fingerprint density at radius 2 is 1.82 bits per heavy atom. The second-order valence-corrected chi connectivity index (χ2v) is 10.3. The average molecular weight is 375 g/mol. The van der Waals surface area contributed by atoms with Gasteiger partial charge in [-0.3, -0.25) is 0 Å². The van der Waals surface area contributed by atoms with Crippen LogP contribution < -0.4 is 9.30 Å². The lowest BCUT2D eigenvalue weighted by Gasteiger charge is -2.43. The van der Waals surface area contributed by atoms with Gasteiger partial charge >= 0.3 is 0 Å². The zero-order valence-corrected chi connectivity index (χ0v) is 17.9. The van der Waals surface area contributed by atoms with Crippen molar-refractivity contribution in [3.05, 3.63) is 47.8 Å². The fraction of sp³-hybridized carbons (Fsp3) is 0.480. The van der Waals surface area contributed by atoms with Gasteiger partial charge in [-0.25, -0.2) is 0 Å². The smallest absolute Gasteiger partial charge is 0.244 e. The van der Waals surface area contributed by atoms with Gasteiger partial charge in [0.25, 0.3) is 0 Å². The van der Waals surface area contributed by atoms with Gasteiger partial charge in [0, 0.05) is 0 Å². The van der Waals surface area contributed by atoms with Crippen molar-refractivity contribution >= 4 is 11.0 Å². The van der Waals surface area contributed by atoms with Crippen LogP contribution in [0.4, 0.5) is 0 Å². The lowest BCUT2D eigenvalue weighted by Crippen LogP contribution is -2.38. The molecule has 5 rings (SSSR count). The highest BCUT2D eigenvalue weighted by molar-refractivity contribution is 5.81. The summed E-state index contributed by atoms with van der Waals surface area (Å²) in [6.07, 6.45) is 6.01. The Hall–Kier alpha value is -2.29. The quantitative estimate of drug-likeness (QED) is 0.319. The zero-order valence-electron chi connectivity index (χ0n) is 17.9. The number of nitrogens with zero attached hydrogens (tertiary/aromatic N) is 2. The van der Waals surface area contributed by atoms with Gasteiger partial charge in [-0.2, -0.15) is 0 Å². The number of aromatic nitrogens is 2. The van der Waals surface area contributed by atoms with Gasteiger partial charge in [-0.1, -0.05) is 65.8 Å². The minimum Gasteiger partial charge on any atom is -0.469 e. The molecule has 0 saturated carbocycles. The van der Waals surface area contributed by atoms with Gasteiger partial charge in [0.15, 0.2) is 0 Å². The van der Waals surface area contributed by atoms with Gasteiger partial charge in [0.05, 0.1) is 23.3 Å². The van der Waals surface area contributed by atoms with Crippen molar-refractivity contribution in [1.29, 1.82) is 0 Å². The fourth-order valence-electron chi connectivity index (χ4n) is 5.02. The zero-order chi connectivity index (χ0) is 19.8. The molecule has 1 aliphatic heterocycles. The highest BCUT2D eigenvalue weighted by Gasteiger charge is 2.41. The normalized spacial score (nSPS) is 18.7. The molecular formula is C25H30N2O. The summed E-state index contributed by atoms with van der Waals surface area (Å²) >= 11 is 0. The predicted molar refractivity (Wildman–Crippen MR) is 113 cm³/mol. The highest BCUT2D eigenvalue weighted by atomic mass is 16.5. The van der Waals surface area contributed by atoms with Crippen molar-refractivity contribution in [3.8, 4) is 17.2 Å². The Morgan fingerprint density at radius 3 is 2.57 bits per heavy atom. The molecule has 0 fully saturated rings. The van der Waals surface area contributed by atoms with E-state index in [0.29, 0.717) is 5.92 Å². The first-order valence-electron chi connectivity index (χ1n) is 10.5. The van der Waals surface area contributed by atoms with E-state index in [1.165, 1.54) is 29.5 Å². The summed E-state index contributed by atoms with van der Waals surface area (Å²) in [6.45, 7) is 14.9. The molecule has 0 radical (unpaired) electrons. The van der Waals surface area contributed by atoms with E-state index in [1.807, 2.05) is 0 Å². The van der Waals surface area contributed by atoms with Crippen LogP contribution >= 0.6 is 0 Å². The van der Waals surface area contributed by atoms with E-state index in [2.05, 4.69) is 87.3 Å². The van der Waals surface area contributed by atoms with E-state index in [-0.39, 0.29) is 10.8 Å². The molecule has 3 nitrogen and oxygen atoms in total. The Kier molecular flexibility index (Phi) is 3.57. The molecule has 2 heterocycles. The molecule has 3 aromatic rings. The maximum absolute atomic E-state index is 6.64. The van der Waals surface area contributed by atoms with Crippen LogP contribution in [0, 0.1) is 12.2 Å². The summed E-state index contributed by atoms with van der Waals surface area (Å²) in [5.41, 5.74) is 6.52. The van der Waals surface area contributed by atoms with Gasteiger partial charge in [-0.15, -0.1) is 0 Å². The van der Waals surface area contributed by atoms with Crippen molar-refractivity contribution in [2.75, 3.05) is 0 Å². The van der Waals surface area contributed by atoms with E-state index in [1.54, 1.807) is 0 Å². The van der Waals surface area contributed by atoms with E-state index in [4.69, 9.17) is 4.74 Å². The molecule has 28 heavy (non-hydrogen) atoms. The largest absolute Gasteiger partial charge is 0.469 e. The number of ether oxygens (including phenoxy) is 1. The third-order valence-corrected chi connectivity index (χ3v) is 6.63. The maximum Gasteiger partial charge on any atom is 0.244 e. The molecule has 0 amide bonds. The maximum atomic E-state index is 6.64. The van der Waals surface area contributed by atoms with Crippen LogP contribution in [0.5, 0.6) is 11.5 Å². The Labute approximate surface area is 168 Å². The van der Waals surface area contributed by atoms with Gasteiger partial charge < -0.3 is 13.9 Å². The van der Waals surface area contributed by atoms with Crippen LogP contribution in [0.15, 0.2) is 30.3 Å². The second kappa shape index (κ2) is 5.62. The van der Waals surface area contributed by atoms with Crippen molar-refractivity contribution in [2.24, 2.45) is 5.92 Å². The third-order valence-electron chi connectivity index (χ3n) is 6.63. The molecule has 0 bridgehead atoms. The van der Waals surface area contributed by atoms with E-state index >= 15 is 0 Å². The number of imidazole rings is 1. The molecule has 1 aromatic heterocycles. The molecule has 146 valence electrons. The number of hydrogen-bond acceptors (Lipinski definition) is 1. The van der Waals surface area contributed by atoms with Gasteiger partial charge in [0.2, 0.25) is 6.33 Å². The molecule has 0 spiro atoms. The van der Waals surface area contributed by atoms with Crippen molar-refractivity contribution in [3.63, 3.8) is 0 Å². The van der Waals surface area contributed by atoms with Crippen LogP contribution in [-0.4, -0.2) is 4.57 Å². The van der Waals surface area contributed by atoms with Crippen LogP contribution in [0.25, 0.3) is 16.7 Å². The first-order chi connectivity index (χ1) is 13.2. The molecular weight excluding hydrogens is 344 g/mol. The van der Waals surface area contributed by atoms with Crippen molar-refractivity contribution in [1.82, 2.24) is 4.57 Å². The van der Waals surface area contributed by atoms with E-state index in [0.717, 1.165) is 29.2 Å². The molecule has 0 N–H and O–H groups in total. The first kappa shape index (κ1) is 17.8. The van der Waals surface area contributed by atoms with E-state index < -0.39 is 0 Å². The molecule has 2 aliphatic rings. The van der Waals surface area contributed by atoms with Crippen molar-refractivity contribution < 1.29 is 9.30 Å². The number of rotatable bonds is 2. The molecule has 0 atom stereocenters. The second-order valence-electron chi connectivity index (χ2n) is 10.3. The predicted octanol–water partition coefficient (Wildman–Crippen LogP) is 5.83. The summed E-state index contributed by atoms with van der Waals surface area (Å²) in [4.78, 5) is 0. The van der Waals surface area contributed by atoms with E-state index in [9.17, 15) is 0 Å². The first-order valence-corrected chi connectivity index (χ1v) is 10.5. The summed E-state index contributed by atoms with van der Waals surface area (Å²) < 4.78 is 11.1. The molecule has 1 aliphatic carbocycles. The van der Waals surface area contributed by atoms with Crippen LogP contribution in [0.3, 0.4) is 0 Å². The Morgan fingerprint density at radius 1 is 1.07 bits per heavy atom. The lowest BCUT2D eigenvalue weighted by molar-refractivity contribution is -0.575. The molecule has 0 unspecified atom stereocenters. The van der Waals surface area contributed by atoms with Crippen LogP contribution in [0.1, 0.15) is 65.5 Å². The minimum atomic E-state index is 0.0999. The third kappa shape index (κ3) is 2.38. The van der Waals surface area contributed by atoms with Crippen LogP contribution in [0.2, 0.25) is 0 Å². The van der Waals surface area contributed by atoms with Crippen LogP contribution in [-0.2, 0) is 17.4 Å². The summed E-state index contributed by atoms with van der Waals surface area (Å²) in [7, 11) is 0. The molecule has 3 heteroatoms. The topological polar surface area (TPSA) is 18.0 Å². The van der Waals surface area contributed by atoms with Gasteiger partial charge in [0.1, 0.15) is 11.5 Å². The molecule has 2 aromatic carbocycles. The summed E-state index contributed by atoms with van der Waals surface area (Å²) in [6, 6.07) is 10.9. The highest BCUT2D eigenvalue weighted by Crippen LogP contribution is 2.52. The summed E-state index contributed by atoms with van der Waals surface area (Å²) in [5, 5.41) is 0. The molecule has 0 saturated heterocycles. The number of hydrogen-bond donors (Lipinski definition) is 0.